The van der Waals surface area contributed by atoms with Gasteiger partial charge in [0.2, 0.25) is 0 Å². The molecule has 1 aromatic heterocycles. The molecule has 0 saturated heterocycles. The monoisotopic (exact) mass is 211 g/mol. The summed E-state index contributed by atoms with van der Waals surface area (Å²) in [7, 11) is 0. The Morgan fingerprint density at radius 3 is 2.62 bits per heavy atom. The zero-order valence-corrected chi connectivity index (χ0v) is 8.69. The van der Waals surface area contributed by atoms with Crippen LogP contribution in [0.1, 0.15) is 11.1 Å². The SMILES string of the molecule is Cc1ccc(-c2n[nH]c(=O)cc2C#N)cc1. The highest BCUT2D eigenvalue weighted by atomic mass is 16.1. The van der Waals surface area contributed by atoms with Crippen LogP contribution in [0.4, 0.5) is 0 Å². The van der Waals surface area contributed by atoms with Gasteiger partial charge in [-0.2, -0.15) is 10.4 Å². The molecule has 0 saturated carbocycles. The summed E-state index contributed by atoms with van der Waals surface area (Å²) in [5.41, 5.74) is 2.37. The number of nitrogens with zero attached hydrogens (tertiary/aromatic N) is 2. The smallest absolute Gasteiger partial charge is 0.265 e. The minimum atomic E-state index is -0.368. The molecule has 0 spiro atoms. The molecule has 0 aliphatic carbocycles. The van der Waals surface area contributed by atoms with E-state index in [0.717, 1.165) is 11.1 Å². The molecule has 1 aromatic carbocycles. The molecule has 0 aliphatic heterocycles. The molecule has 4 heteroatoms. The summed E-state index contributed by atoms with van der Waals surface area (Å²) < 4.78 is 0. The second-order valence-corrected chi connectivity index (χ2v) is 3.47. The predicted octanol–water partition coefficient (Wildman–Crippen LogP) is 1.62. The van der Waals surface area contributed by atoms with Crippen molar-refractivity contribution in [2.24, 2.45) is 0 Å². The minimum absolute atomic E-state index is 0.285. The Morgan fingerprint density at radius 2 is 2.00 bits per heavy atom. The van der Waals surface area contributed by atoms with E-state index in [1.807, 2.05) is 37.3 Å². The largest absolute Gasteiger partial charge is 0.268 e. The van der Waals surface area contributed by atoms with E-state index in [9.17, 15) is 4.79 Å². The molecule has 0 unspecified atom stereocenters. The normalized spacial score (nSPS) is 9.75. The zero-order valence-electron chi connectivity index (χ0n) is 8.69. The first-order valence-corrected chi connectivity index (χ1v) is 4.77. The van der Waals surface area contributed by atoms with Crippen LogP contribution in [0.3, 0.4) is 0 Å². The van der Waals surface area contributed by atoms with E-state index < -0.39 is 0 Å². The number of nitrogens with one attached hydrogen (secondary N) is 1. The van der Waals surface area contributed by atoms with Gasteiger partial charge in [-0.1, -0.05) is 29.8 Å². The molecule has 2 rings (SSSR count). The van der Waals surface area contributed by atoms with Gasteiger partial charge in [-0.25, -0.2) is 5.10 Å². The van der Waals surface area contributed by atoms with E-state index in [2.05, 4.69) is 10.2 Å². The van der Waals surface area contributed by atoms with E-state index in [0.29, 0.717) is 5.69 Å². The minimum Gasteiger partial charge on any atom is -0.268 e. The van der Waals surface area contributed by atoms with Crippen LogP contribution in [0.5, 0.6) is 0 Å². The summed E-state index contributed by atoms with van der Waals surface area (Å²) in [5, 5.41) is 15.1. The number of H-pyrrole nitrogens is 1. The summed E-state index contributed by atoms with van der Waals surface area (Å²) in [6, 6.07) is 10.8. The molecular weight excluding hydrogens is 202 g/mol. The number of hydrogen-bond acceptors (Lipinski definition) is 3. The van der Waals surface area contributed by atoms with Crippen LogP contribution in [0.25, 0.3) is 11.3 Å². The quantitative estimate of drug-likeness (QED) is 0.779. The highest BCUT2D eigenvalue weighted by molar-refractivity contribution is 5.65. The number of aryl methyl sites for hydroxylation is 1. The van der Waals surface area contributed by atoms with Gasteiger partial charge >= 0.3 is 0 Å². The van der Waals surface area contributed by atoms with Crippen molar-refractivity contribution in [3.05, 3.63) is 51.8 Å². The highest BCUT2D eigenvalue weighted by Gasteiger charge is 2.06. The van der Waals surface area contributed by atoms with E-state index >= 15 is 0 Å². The topological polar surface area (TPSA) is 69.5 Å². The molecule has 0 radical (unpaired) electrons. The van der Waals surface area contributed by atoms with E-state index in [4.69, 9.17) is 5.26 Å². The van der Waals surface area contributed by atoms with E-state index in [-0.39, 0.29) is 11.1 Å². The second-order valence-electron chi connectivity index (χ2n) is 3.47. The van der Waals surface area contributed by atoms with Crippen molar-refractivity contribution in [2.75, 3.05) is 0 Å². The first kappa shape index (κ1) is 10.1. The predicted molar refractivity (Wildman–Crippen MR) is 59.7 cm³/mol. The Morgan fingerprint density at radius 1 is 1.31 bits per heavy atom. The van der Waals surface area contributed by atoms with Gasteiger partial charge in [0.05, 0.1) is 5.56 Å². The van der Waals surface area contributed by atoms with Crippen molar-refractivity contribution in [1.29, 1.82) is 5.26 Å². The van der Waals surface area contributed by atoms with Gasteiger partial charge < -0.3 is 0 Å². The molecule has 0 fully saturated rings. The van der Waals surface area contributed by atoms with Crippen molar-refractivity contribution >= 4 is 0 Å². The average Bonchev–Trinajstić information content (AvgIpc) is 2.30. The van der Waals surface area contributed by atoms with Gasteiger partial charge in [-0.05, 0) is 6.92 Å². The Hall–Kier alpha value is -2.41. The number of benzene rings is 1. The highest BCUT2D eigenvalue weighted by Crippen LogP contribution is 2.19. The summed E-state index contributed by atoms with van der Waals surface area (Å²) in [6.07, 6.45) is 0. The Balaban J connectivity index is 2.61. The number of aromatic nitrogens is 2. The molecule has 1 heterocycles. The first-order valence-electron chi connectivity index (χ1n) is 4.77. The van der Waals surface area contributed by atoms with E-state index in [1.54, 1.807) is 0 Å². The van der Waals surface area contributed by atoms with Crippen LogP contribution in [-0.4, -0.2) is 10.2 Å². The van der Waals surface area contributed by atoms with Crippen LogP contribution >= 0.6 is 0 Å². The van der Waals surface area contributed by atoms with Gasteiger partial charge in [0.15, 0.2) is 0 Å². The molecule has 16 heavy (non-hydrogen) atoms. The van der Waals surface area contributed by atoms with Crippen LogP contribution < -0.4 is 5.56 Å². The molecule has 4 nitrogen and oxygen atoms in total. The molecule has 2 aromatic rings. The third kappa shape index (κ3) is 1.84. The van der Waals surface area contributed by atoms with Crippen LogP contribution in [0.2, 0.25) is 0 Å². The molecule has 0 amide bonds. The lowest BCUT2D eigenvalue weighted by atomic mass is 10.1. The van der Waals surface area contributed by atoms with Gasteiger partial charge in [0.25, 0.3) is 5.56 Å². The third-order valence-corrected chi connectivity index (χ3v) is 2.25. The first-order chi connectivity index (χ1) is 7.70. The van der Waals surface area contributed by atoms with Crippen molar-refractivity contribution in [1.82, 2.24) is 10.2 Å². The van der Waals surface area contributed by atoms with Crippen molar-refractivity contribution < 1.29 is 0 Å². The lowest BCUT2D eigenvalue weighted by molar-refractivity contribution is 0.989. The molecule has 78 valence electrons. The second kappa shape index (κ2) is 3.99. The number of aromatic amines is 1. The van der Waals surface area contributed by atoms with Crippen molar-refractivity contribution in [3.8, 4) is 17.3 Å². The van der Waals surface area contributed by atoms with Crippen molar-refractivity contribution in [3.63, 3.8) is 0 Å². The molecule has 0 aliphatic rings. The summed E-state index contributed by atoms with van der Waals surface area (Å²) in [5.74, 6) is 0. The molecule has 0 atom stereocenters. The van der Waals surface area contributed by atoms with Crippen molar-refractivity contribution in [2.45, 2.75) is 6.92 Å². The lowest BCUT2D eigenvalue weighted by Gasteiger charge is -2.02. The fourth-order valence-electron chi connectivity index (χ4n) is 1.42. The molecular formula is C12H9N3O. The summed E-state index contributed by atoms with van der Waals surface area (Å²) in [4.78, 5) is 11.0. The maximum absolute atomic E-state index is 11.0. The summed E-state index contributed by atoms with van der Waals surface area (Å²) in [6.45, 7) is 1.98. The lowest BCUT2D eigenvalue weighted by Crippen LogP contribution is -2.08. The fourth-order valence-corrected chi connectivity index (χ4v) is 1.42. The Bertz CT molecular complexity index is 605. The molecule has 0 bridgehead atoms. The van der Waals surface area contributed by atoms with Gasteiger partial charge in [-0.15, -0.1) is 0 Å². The number of rotatable bonds is 1. The Kier molecular flexibility index (Phi) is 2.52. The molecule has 1 N–H and O–H groups in total. The van der Waals surface area contributed by atoms with Crippen LogP contribution in [-0.2, 0) is 0 Å². The third-order valence-electron chi connectivity index (χ3n) is 2.25. The van der Waals surface area contributed by atoms with Gasteiger partial charge in [0.1, 0.15) is 11.8 Å². The van der Waals surface area contributed by atoms with Crippen LogP contribution in [0.15, 0.2) is 35.1 Å². The maximum Gasteiger partial charge on any atom is 0.265 e. The average molecular weight is 211 g/mol. The maximum atomic E-state index is 11.0. The standard InChI is InChI=1S/C12H9N3O/c1-8-2-4-9(5-3-8)12-10(7-13)6-11(16)14-15-12/h2-6H,1H3,(H,14,16). The summed E-state index contributed by atoms with van der Waals surface area (Å²) >= 11 is 0. The van der Waals surface area contributed by atoms with Gasteiger partial charge in [0, 0.05) is 11.6 Å². The van der Waals surface area contributed by atoms with E-state index in [1.165, 1.54) is 6.07 Å². The zero-order chi connectivity index (χ0) is 11.5. The Labute approximate surface area is 92.2 Å². The van der Waals surface area contributed by atoms with Gasteiger partial charge in [-0.3, -0.25) is 4.79 Å². The number of hydrogen-bond donors (Lipinski definition) is 1. The van der Waals surface area contributed by atoms with Crippen LogP contribution in [0, 0.1) is 18.3 Å². The fraction of sp³-hybridized carbons (Fsp3) is 0.0833. The number of nitriles is 1.